The Balaban J connectivity index is 1.73. The fourth-order valence-corrected chi connectivity index (χ4v) is 3.32. The van der Waals surface area contributed by atoms with Crippen LogP contribution in [-0.4, -0.2) is 29.8 Å². The van der Waals surface area contributed by atoms with Crippen molar-refractivity contribution in [1.82, 2.24) is 5.32 Å². The van der Waals surface area contributed by atoms with Crippen LogP contribution in [0.4, 0.5) is 4.79 Å². The van der Waals surface area contributed by atoms with E-state index in [-0.39, 0.29) is 12.2 Å². The van der Waals surface area contributed by atoms with Crippen LogP contribution in [0.25, 0.3) is 0 Å². The molecule has 6 nitrogen and oxygen atoms in total. The number of Topliss-reactive ketones (excluding diaryl/α,β-unsaturated/α-hetero) is 1. The fourth-order valence-electron chi connectivity index (χ4n) is 3.32. The minimum atomic E-state index is -0.868. The third-order valence-corrected chi connectivity index (χ3v) is 4.93. The maximum absolute atomic E-state index is 13.2. The number of alkyl carbamates (subject to hydrolysis) is 1. The van der Waals surface area contributed by atoms with Gasteiger partial charge < -0.3 is 14.8 Å². The van der Waals surface area contributed by atoms with Crippen LogP contribution < -0.4 is 10.1 Å². The third-order valence-electron chi connectivity index (χ3n) is 4.93. The molecule has 3 aromatic rings. The zero-order chi connectivity index (χ0) is 24.6. The average Bonchev–Trinajstić information content (AvgIpc) is 2.82. The number of nitrogens with one attached hydrogen (secondary N) is 1. The van der Waals surface area contributed by atoms with E-state index in [1.807, 2.05) is 54.6 Å². The molecule has 0 radical (unpaired) electrons. The maximum atomic E-state index is 13.2. The predicted octanol–water partition coefficient (Wildman–Crippen LogP) is 5.40. The van der Waals surface area contributed by atoms with Gasteiger partial charge in [-0.25, -0.2) is 4.79 Å². The standard InChI is InChI=1S/C28H29NO5/c1-28(2,3)34-27(32)29-25(26(31)23-11-7-10-22(16-23)18-30)17-20-12-14-24(15-13-20)33-19-21-8-5-4-6-9-21/h4-16,18,25H,17,19H2,1-3H3,(H,29,32)/t25-/m0/s1. The molecule has 1 N–H and O–H groups in total. The lowest BCUT2D eigenvalue weighted by atomic mass is 9.96. The second-order valence-electron chi connectivity index (χ2n) is 8.93. The second kappa shape index (κ2) is 11.3. The van der Waals surface area contributed by atoms with Crippen molar-refractivity contribution in [3.05, 3.63) is 101 Å². The average molecular weight is 460 g/mol. The molecular formula is C28H29NO5. The molecule has 0 aliphatic rings. The lowest BCUT2D eigenvalue weighted by Gasteiger charge is -2.23. The number of carbonyl (C=O) groups is 3. The highest BCUT2D eigenvalue weighted by Crippen LogP contribution is 2.17. The zero-order valence-corrected chi connectivity index (χ0v) is 19.6. The van der Waals surface area contributed by atoms with Gasteiger partial charge in [0.05, 0.1) is 6.04 Å². The number of hydrogen-bond acceptors (Lipinski definition) is 5. The Kier molecular flexibility index (Phi) is 8.19. The SMILES string of the molecule is CC(C)(C)OC(=O)N[C@@H](Cc1ccc(OCc2ccccc2)cc1)C(=O)c1cccc(C=O)c1. The molecule has 0 saturated carbocycles. The Labute approximate surface area is 199 Å². The lowest BCUT2D eigenvalue weighted by molar-refractivity contribution is 0.0491. The Hall–Kier alpha value is -3.93. The molecule has 34 heavy (non-hydrogen) atoms. The highest BCUT2D eigenvalue weighted by Gasteiger charge is 2.26. The first-order chi connectivity index (χ1) is 16.2. The first-order valence-corrected chi connectivity index (χ1v) is 11.1. The van der Waals surface area contributed by atoms with Gasteiger partial charge in [0, 0.05) is 17.5 Å². The Morgan fingerprint density at radius 3 is 2.26 bits per heavy atom. The summed E-state index contributed by atoms with van der Waals surface area (Å²) in [6.45, 7) is 5.72. The first-order valence-electron chi connectivity index (χ1n) is 11.1. The summed E-state index contributed by atoms with van der Waals surface area (Å²) in [4.78, 5) is 36.8. The van der Waals surface area contributed by atoms with Crippen LogP contribution in [0, 0.1) is 0 Å². The van der Waals surface area contributed by atoms with Crippen molar-refractivity contribution in [3.8, 4) is 5.75 Å². The van der Waals surface area contributed by atoms with Crippen LogP contribution in [0.5, 0.6) is 5.75 Å². The number of ketones is 1. The van der Waals surface area contributed by atoms with Crippen molar-refractivity contribution in [2.45, 2.75) is 45.4 Å². The highest BCUT2D eigenvalue weighted by molar-refractivity contribution is 6.02. The van der Waals surface area contributed by atoms with Gasteiger partial charge in [0.15, 0.2) is 5.78 Å². The Bertz CT molecular complexity index is 1120. The smallest absolute Gasteiger partial charge is 0.408 e. The molecule has 0 unspecified atom stereocenters. The largest absolute Gasteiger partial charge is 0.489 e. The van der Waals surface area contributed by atoms with Gasteiger partial charge in [0.25, 0.3) is 0 Å². The topological polar surface area (TPSA) is 81.7 Å². The van der Waals surface area contributed by atoms with E-state index in [9.17, 15) is 14.4 Å². The summed E-state index contributed by atoms with van der Waals surface area (Å²) in [5.41, 5.74) is 1.94. The molecular weight excluding hydrogens is 430 g/mol. The number of hydrogen-bond donors (Lipinski definition) is 1. The first kappa shape index (κ1) is 24.7. The molecule has 3 aromatic carbocycles. The molecule has 0 fully saturated rings. The molecule has 176 valence electrons. The van der Waals surface area contributed by atoms with Gasteiger partial charge in [-0.15, -0.1) is 0 Å². The summed E-state index contributed by atoms with van der Waals surface area (Å²) in [6, 6.07) is 22.8. The van der Waals surface area contributed by atoms with Gasteiger partial charge in [-0.1, -0.05) is 60.7 Å². The molecule has 1 amide bonds. The minimum absolute atomic E-state index is 0.252. The van der Waals surface area contributed by atoms with E-state index in [2.05, 4.69) is 5.32 Å². The molecule has 0 heterocycles. The Morgan fingerprint density at radius 1 is 0.912 bits per heavy atom. The van der Waals surface area contributed by atoms with Gasteiger partial charge in [0.2, 0.25) is 0 Å². The predicted molar refractivity (Wildman–Crippen MR) is 130 cm³/mol. The van der Waals surface area contributed by atoms with Crippen molar-refractivity contribution in [1.29, 1.82) is 0 Å². The number of rotatable bonds is 9. The van der Waals surface area contributed by atoms with Crippen molar-refractivity contribution < 1.29 is 23.9 Å². The summed E-state index contributed by atoms with van der Waals surface area (Å²) >= 11 is 0. The zero-order valence-electron chi connectivity index (χ0n) is 19.6. The van der Waals surface area contributed by atoms with Crippen LogP contribution in [0.2, 0.25) is 0 Å². The van der Waals surface area contributed by atoms with Crippen LogP contribution in [0.1, 0.15) is 52.6 Å². The van der Waals surface area contributed by atoms with Crippen LogP contribution in [0.15, 0.2) is 78.9 Å². The Morgan fingerprint density at radius 2 is 1.62 bits per heavy atom. The van der Waals surface area contributed by atoms with Gasteiger partial charge >= 0.3 is 6.09 Å². The van der Waals surface area contributed by atoms with E-state index in [4.69, 9.17) is 9.47 Å². The van der Waals surface area contributed by atoms with E-state index >= 15 is 0 Å². The van der Waals surface area contributed by atoms with Crippen molar-refractivity contribution >= 4 is 18.2 Å². The molecule has 0 saturated heterocycles. The van der Waals surface area contributed by atoms with Crippen LogP contribution >= 0.6 is 0 Å². The van der Waals surface area contributed by atoms with Crippen molar-refractivity contribution in [3.63, 3.8) is 0 Å². The summed E-state index contributed by atoms with van der Waals surface area (Å²) in [6.07, 6.45) is 0.254. The maximum Gasteiger partial charge on any atom is 0.408 e. The highest BCUT2D eigenvalue weighted by atomic mass is 16.6. The molecule has 0 aliphatic carbocycles. The van der Waals surface area contributed by atoms with Gasteiger partial charge in [-0.05, 0) is 50.1 Å². The molecule has 3 rings (SSSR count). The molecule has 0 spiro atoms. The van der Waals surface area contributed by atoms with Gasteiger partial charge in [-0.3, -0.25) is 9.59 Å². The van der Waals surface area contributed by atoms with Gasteiger partial charge in [-0.2, -0.15) is 0 Å². The minimum Gasteiger partial charge on any atom is -0.489 e. The van der Waals surface area contributed by atoms with Crippen LogP contribution in [-0.2, 0) is 17.8 Å². The number of carbonyl (C=O) groups excluding carboxylic acids is 3. The van der Waals surface area contributed by atoms with E-state index in [1.165, 1.54) is 6.07 Å². The quantitative estimate of drug-likeness (QED) is 0.342. The molecule has 0 aliphatic heterocycles. The number of aldehydes is 1. The summed E-state index contributed by atoms with van der Waals surface area (Å²) in [5, 5.41) is 2.69. The molecule has 6 heteroatoms. The van der Waals surface area contributed by atoms with E-state index in [0.29, 0.717) is 29.8 Å². The number of benzene rings is 3. The second-order valence-corrected chi connectivity index (χ2v) is 8.93. The number of ether oxygens (including phenoxy) is 2. The third kappa shape index (κ3) is 7.59. The van der Waals surface area contributed by atoms with E-state index in [0.717, 1.165) is 11.1 Å². The van der Waals surface area contributed by atoms with E-state index < -0.39 is 17.7 Å². The summed E-state index contributed by atoms with van der Waals surface area (Å²) in [5.74, 6) is 0.397. The molecule has 0 aromatic heterocycles. The monoisotopic (exact) mass is 459 g/mol. The number of amides is 1. The lowest BCUT2D eigenvalue weighted by Crippen LogP contribution is -2.44. The fraction of sp³-hybridized carbons (Fsp3) is 0.250. The normalized spacial score (nSPS) is 11.9. The van der Waals surface area contributed by atoms with Crippen LogP contribution in [0.3, 0.4) is 0 Å². The van der Waals surface area contributed by atoms with Crippen molar-refractivity contribution in [2.75, 3.05) is 0 Å². The van der Waals surface area contributed by atoms with Crippen molar-refractivity contribution in [2.24, 2.45) is 0 Å². The van der Waals surface area contributed by atoms with E-state index in [1.54, 1.807) is 39.0 Å². The summed E-state index contributed by atoms with van der Waals surface area (Å²) in [7, 11) is 0. The summed E-state index contributed by atoms with van der Waals surface area (Å²) < 4.78 is 11.2. The van der Waals surface area contributed by atoms with Gasteiger partial charge in [0.1, 0.15) is 24.2 Å². The molecule has 1 atom stereocenters. The molecule has 0 bridgehead atoms.